The molecule has 0 aliphatic rings. The summed E-state index contributed by atoms with van der Waals surface area (Å²) < 4.78 is 10.1. The molecule has 0 radical (unpaired) electrons. The number of hydrogen-bond acceptors (Lipinski definition) is 3. The van der Waals surface area contributed by atoms with Crippen LogP contribution >= 0.6 is 0 Å². The lowest BCUT2D eigenvalue weighted by Gasteiger charge is -2.04. The average molecular weight is 330 g/mol. The van der Waals surface area contributed by atoms with Crippen LogP contribution in [-0.4, -0.2) is 27.1 Å². The number of unbranched alkanes of at least 4 members (excludes halogenated alkanes) is 15. The van der Waals surface area contributed by atoms with E-state index in [2.05, 4.69) is 0 Å². The average Bonchev–Trinajstić information content (AvgIpc) is 2.57. The van der Waals surface area contributed by atoms with Crippen molar-refractivity contribution in [3.8, 4) is 0 Å². The normalized spacial score (nSPS) is 11.2. The van der Waals surface area contributed by atoms with E-state index in [0.717, 1.165) is 13.2 Å². The molecule has 0 bridgehead atoms. The van der Waals surface area contributed by atoms with Crippen LogP contribution in [0.3, 0.4) is 0 Å². The van der Waals surface area contributed by atoms with E-state index in [4.69, 9.17) is 15.2 Å². The van der Waals surface area contributed by atoms with Crippen molar-refractivity contribution in [2.75, 3.05) is 27.1 Å². The zero-order chi connectivity index (χ0) is 16.8. The highest BCUT2D eigenvalue weighted by Gasteiger charge is 1.95. The number of methoxy groups -OCH3 is 1. The summed E-state index contributed by atoms with van der Waals surface area (Å²) in [6.07, 6.45) is 22.1. The topological polar surface area (TPSA) is 44.5 Å². The summed E-state index contributed by atoms with van der Waals surface area (Å²) in [5.41, 5.74) is 5.50. The van der Waals surface area contributed by atoms with Gasteiger partial charge in [0.15, 0.2) is 0 Å². The van der Waals surface area contributed by atoms with Crippen LogP contribution in [0.15, 0.2) is 0 Å². The Kier molecular flexibility index (Phi) is 21.8. The minimum Gasteiger partial charge on any atom is -0.359 e. The van der Waals surface area contributed by atoms with Gasteiger partial charge in [-0.3, -0.25) is 0 Å². The molecule has 0 aliphatic heterocycles. The van der Waals surface area contributed by atoms with Gasteiger partial charge in [-0.1, -0.05) is 89.9 Å². The third-order valence-corrected chi connectivity index (χ3v) is 4.44. The van der Waals surface area contributed by atoms with Crippen LogP contribution in [0.5, 0.6) is 0 Å². The summed E-state index contributed by atoms with van der Waals surface area (Å²) in [7, 11) is 1.67. The maximum Gasteiger partial charge on any atom is 0.146 e. The van der Waals surface area contributed by atoms with E-state index in [1.54, 1.807) is 7.11 Å². The summed E-state index contributed by atoms with van der Waals surface area (Å²) in [4.78, 5) is 0. The summed E-state index contributed by atoms with van der Waals surface area (Å²) in [6, 6.07) is 0. The predicted molar refractivity (Wildman–Crippen MR) is 101 cm³/mol. The zero-order valence-corrected chi connectivity index (χ0v) is 15.8. The largest absolute Gasteiger partial charge is 0.359 e. The standard InChI is InChI=1S/C20H43NO2/c1-22-20-23-19-17-15-13-11-9-7-5-3-2-4-6-8-10-12-14-16-18-21/h2-21H2,1H3. The van der Waals surface area contributed by atoms with Crippen LogP contribution in [0.4, 0.5) is 0 Å². The third-order valence-electron chi connectivity index (χ3n) is 4.44. The van der Waals surface area contributed by atoms with Gasteiger partial charge in [0.1, 0.15) is 6.79 Å². The lowest BCUT2D eigenvalue weighted by atomic mass is 10.0. The first kappa shape index (κ1) is 22.9. The van der Waals surface area contributed by atoms with Gasteiger partial charge in [-0.2, -0.15) is 0 Å². The number of rotatable bonds is 20. The Hall–Kier alpha value is -0.120. The van der Waals surface area contributed by atoms with E-state index in [1.165, 1.54) is 103 Å². The summed E-state index contributed by atoms with van der Waals surface area (Å²) in [5.74, 6) is 0. The Bertz CT molecular complexity index is 180. The molecule has 3 nitrogen and oxygen atoms in total. The van der Waals surface area contributed by atoms with E-state index in [-0.39, 0.29) is 0 Å². The summed E-state index contributed by atoms with van der Waals surface area (Å²) in [5, 5.41) is 0. The number of hydrogen-bond donors (Lipinski definition) is 1. The first-order valence-electron chi connectivity index (χ1n) is 10.2. The molecular formula is C20H43NO2. The predicted octanol–water partition coefficient (Wildman–Crippen LogP) is 5.81. The zero-order valence-electron chi connectivity index (χ0n) is 15.8. The second kappa shape index (κ2) is 21.9. The molecule has 2 N–H and O–H groups in total. The third kappa shape index (κ3) is 21.9. The van der Waals surface area contributed by atoms with Crippen molar-refractivity contribution in [1.82, 2.24) is 0 Å². The van der Waals surface area contributed by atoms with Gasteiger partial charge in [-0.25, -0.2) is 0 Å². The second-order valence-corrected chi connectivity index (χ2v) is 6.76. The first-order chi connectivity index (χ1) is 11.4. The van der Waals surface area contributed by atoms with Gasteiger partial charge in [-0.15, -0.1) is 0 Å². The van der Waals surface area contributed by atoms with Crippen LogP contribution < -0.4 is 5.73 Å². The fourth-order valence-electron chi connectivity index (χ4n) is 2.97. The molecule has 23 heavy (non-hydrogen) atoms. The minimum atomic E-state index is 0.439. The molecule has 0 amide bonds. The summed E-state index contributed by atoms with van der Waals surface area (Å²) >= 11 is 0. The Morgan fingerprint density at radius 3 is 1.22 bits per heavy atom. The molecular weight excluding hydrogens is 286 g/mol. The Morgan fingerprint density at radius 1 is 0.522 bits per heavy atom. The summed E-state index contributed by atoms with van der Waals surface area (Å²) in [6.45, 7) is 2.15. The molecule has 3 heteroatoms. The number of ether oxygens (including phenoxy) is 2. The number of nitrogens with two attached hydrogens (primary N) is 1. The van der Waals surface area contributed by atoms with Crippen LogP contribution in [-0.2, 0) is 9.47 Å². The highest BCUT2D eigenvalue weighted by atomic mass is 16.7. The van der Waals surface area contributed by atoms with Gasteiger partial charge in [-0.05, 0) is 19.4 Å². The van der Waals surface area contributed by atoms with Crippen molar-refractivity contribution in [3.05, 3.63) is 0 Å². The Morgan fingerprint density at radius 2 is 0.870 bits per heavy atom. The molecule has 0 aromatic heterocycles. The van der Waals surface area contributed by atoms with Crippen LogP contribution in [0, 0.1) is 0 Å². The molecule has 0 rings (SSSR count). The minimum absolute atomic E-state index is 0.439. The van der Waals surface area contributed by atoms with Crippen molar-refractivity contribution in [1.29, 1.82) is 0 Å². The van der Waals surface area contributed by atoms with E-state index >= 15 is 0 Å². The fraction of sp³-hybridized carbons (Fsp3) is 1.00. The first-order valence-corrected chi connectivity index (χ1v) is 10.2. The Labute approximate surface area is 145 Å². The van der Waals surface area contributed by atoms with Crippen LogP contribution in [0.2, 0.25) is 0 Å². The molecule has 0 aliphatic carbocycles. The van der Waals surface area contributed by atoms with Gasteiger partial charge in [0.2, 0.25) is 0 Å². The van der Waals surface area contributed by atoms with E-state index in [9.17, 15) is 0 Å². The maximum absolute atomic E-state index is 5.50. The van der Waals surface area contributed by atoms with Crippen molar-refractivity contribution in [3.63, 3.8) is 0 Å². The van der Waals surface area contributed by atoms with Crippen LogP contribution in [0.25, 0.3) is 0 Å². The maximum atomic E-state index is 5.50. The van der Waals surface area contributed by atoms with Crippen molar-refractivity contribution in [2.24, 2.45) is 5.73 Å². The van der Waals surface area contributed by atoms with Crippen molar-refractivity contribution < 1.29 is 9.47 Å². The van der Waals surface area contributed by atoms with E-state index in [0.29, 0.717) is 6.79 Å². The van der Waals surface area contributed by atoms with Gasteiger partial charge in [0.25, 0.3) is 0 Å². The molecule has 0 unspecified atom stereocenters. The van der Waals surface area contributed by atoms with Gasteiger partial charge in [0, 0.05) is 13.7 Å². The molecule has 0 fully saturated rings. The van der Waals surface area contributed by atoms with Crippen molar-refractivity contribution >= 4 is 0 Å². The van der Waals surface area contributed by atoms with Crippen molar-refractivity contribution in [2.45, 2.75) is 103 Å². The van der Waals surface area contributed by atoms with Gasteiger partial charge >= 0.3 is 0 Å². The SMILES string of the molecule is COCOCCCCCCCCCCCCCCCCCCN. The molecule has 0 heterocycles. The smallest absolute Gasteiger partial charge is 0.146 e. The highest BCUT2D eigenvalue weighted by molar-refractivity contribution is 4.50. The highest BCUT2D eigenvalue weighted by Crippen LogP contribution is 2.13. The quantitative estimate of drug-likeness (QED) is 0.226. The van der Waals surface area contributed by atoms with Crippen LogP contribution in [0.1, 0.15) is 103 Å². The molecule has 0 spiro atoms. The monoisotopic (exact) mass is 329 g/mol. The fourth-order valence-corrected chi connectivity index (χ4v) is 2.97. The lowest BCUT2D eigenvalue weighted by Crippen LogP contribution is -1.98. The second-order valence-electron chi connectivity index (χ2n) is 6.76. The molecule has 0 aromatic rings. The molecule has 0 saturated heterocycles. The lowest BCUT2D eigenvalue weighted by molar-refractivity contribution is -0.0315. The molecule has 0 saturated carbocycles. The van der Waals surface area contributed by atoms with Gasteiger partial charge in [0.05, 0.1) is 0 Å². The van der Waals surface area contributed by atoms with Gasteiger partial charge < -0.3 is 15.2 Å². The van der Waals surface area contributed by atoms with E-state index < -0.39 is 0 Å². The molecule has 0 aromatic carbocycles. The molecule has 0 atom stereocenters. The van der Waals surface area contributed by atoms with E-state index in [1.807, 2.05) is 0 Å². The molecule has 140 valence electrons. The Balaban J connectivity index is 2.92.